The molecule has 0 aliphatic carbocycles. The van der Waals surface area contributed by atoms with Crippen molar-refractivity contribution in [3.8, 4) is 0 Å². The van der Waals surface area contributed by atoms with Crippen LogP contribution in [-0.2, 0) is 11.2 Å². The molecule has 0 saturated carbocycles. The summed E-state index contributed by atoms with van der Waals surface area (Å²) in [4.78, 5) is 12.1. The summed E-state index contributed by atoms with van der Waals surface area (Å²) in [7, 11) is 0. The molecule has 2 nitrogen and oxygen atoms in total. The van der Waals surface area contributed by atoms with Crippen molar-refractivity contribution < 1.29 is 4.79 Å². The van der Waals surface area contributed by atoms with E-state index in [0.717, 1.165) is 27.4 Å². The number of aryl methyl sites for hydroxylation is 1. The monoisotopic (exact) mass is 271 g/mol. The third kappa shape index (κ3) is 2.24. The van der Waals surface area contributed by atoms with Crippen molar-refractivity contribution in [2.45, 2.75) is 19.3 Å². The van der Waals surface area contributed by atoms with Crippen molar-refractivity contribution in [2.24, 2.45) is 0 Å². The van der Waals surface area contributed by atoms with E-state index < -0.39 is 0 Å². The highest BCUT2D eigenvalue weighted by atomic mass is 35.5. The van der Waals surface area contributed by atoms with E-state index in [1.165, 1.54) is 0 Å². The molecule has 0 saturated heterocycles. The lowest BCUT2D eigenvalue weighted by Gasteiger charge is -2.09. The average molecular weight is 272 g/mol. The molecule has 1 N–H and O–H groups in total. The van der Waals surface area contributed by atoms with Gasteiger partial charge in [-0.15, -0.1) is 0 Å². The van der Waals surface area contributed by atoms with Crippen LogP contribution in [0.3, 0.4) is 0 Å². The number of para-hydroxylation sites is 1. The fraction of sp³-hybridized carbons (Fsp3) is 0.188. The van der Waals surface area contributed by atoms with Gasteiger partial charge in [-0.05, 0) is 42.2 Å². The first kappa shape index (κ1) is 12.2. The third-order valence-electron chi connectivity index (χ3n) is 3.60. The molecule has 1 amide bonds. The highest BCUT2D eigenvalue weighted by molar-refractivity contribution is 6.30. The minimum atomic E-state index is -0.101. The molecule has 0 aromatic heterocycles. The fourth-order valence-corrected chi connectivity index (χ4v) is 2.69. The molecule has 0 radical (unpaired) electrons. The molecule has 0 spiro atoms. The van der Waals surface area contributed by atoms with Gasteiger partial charge in [0.15, 0.2) is 0 Å². The zero-order valence-corrected chi connectivity index (χ0v) is 11.4. The number of amides is 1. The van der Waals surface area contributed by atoms with Crippen molar-refractivity contribution in [1.82, 2.24) is 0 Å². The Hall–Kier alpha value is -1.80. The van der Waals surface area contributed by atoms with Gasteiger partial charge in [0.2, 0.25) is 5.91 Å². The number of fused-ring (bicyclic) bond motifs is 1. The lowest BCUT2D eigenvalue weighted by atomic mass is 9.92. The summed E-state index contributed by atoms with van der Waals surface area (Å²) < 4.78 is 0. The fourth-order valence-electron chi connectivity index (χ4n) is 2.56. The predicted molar refractivity (Wildman–Crippen MR) is 77.7 cm³/mol. The second kappa shape index (κ2) is 4.71. The number of anilines is 1. The van der Waals surface area contributed by atoms with Crippen molar-refractivity contribution in [3.63, 3.8) is 0 Å². The molecule has 0 fully saturated rings. The van der Waals surface area contributed by atoms with E-state index in [9.17, 15) is 4.79 Å². The van der Waals surface area contributed by atoms with Gasteiger partial charge in [0.25, 0.3) is 0 Å². The third-order valence-corrected chi connectivity index (χ3v) is 3.85. The van der Waals surface area contributed by atoms with Crippen LogP contribution in [0.1, 0.15) is 22.6 Å². The highest BCUT2D eigenvalue weighted by Gasteiger charge is 2.31. The summed E-state index contributed by atoms with van der Waals surface area (Å²) in [5.74, 6) is -0.0182. The molecule has 0 bridgehead atoms. The molecule has 2 aromatic rings. The summed E-state index contributed by atoms with van der Waals surface area (Å²) >= 11 is 5.88. The van der Waals surface area contributed by atoms with Crippen LogP contribution in [0.4, 0.5) is 5.69 Å². The smallest absolute Gasteiger partial charge is 0.232 e. The van der Waals surface area contributed by atoms with Crippen molar-refractivity contribution in [1.29, 1.82) is 0 Å². The molecule has 1 atom stereocenters. The van der Waals surface area contributed by atoms with E-state index in [0.29, 0.717) is 6.42 Å². The Morgan fingerprint density at radius 3 is 2.63 bits per heavy atom. The van der Waals surface area contributed by atoms with Crippen LogP contribution in [-0.4, -0.2) is 5.91 Å². The topological polar surface area (TPSA) is 29.1 Å². The summed E-state index contributed by atoms with van der Waals surface area (Å²) in [6.45, 7) is 2.02. The van der Waals surface area contributed by atoms with E-state index in [-0.39, 0.29) is 11.8 Å². The normalized spacial score (nSPS) is 17.2. The molecule has 1 aliphatic heterocycles. The van der Waals surface area contributed by atoms with Crippen molar-refractivity contribution in [3.05, 3.63) is 64.2 Å². The van der Waals surface area contributed by atoms with Crippen LogP contribution in [0, 0.1) is 6.92 Å². The van der Waals surface area contributed by atoms with Crippen LogP contribution < -0.4 is 5.32 Å². The van der Waals surface area contributed by atoms with E-state index in [1.54, 1.807) is 0 Å². The Bertz CT molecular complexity index is 634. The Morgan fingerprint density at radius 2 is 1.89 bits per heavy atom. The van der Waals surface area contributed by atoms with E-state index in [2.05, 4.69) is 5.32 Å². The maximum absolute atomic E-state index is 12.1. The SMILES string of the molecule is Cc1cccc2c1NC(=O)C2Cc1ccc(Cl)cc1. The summed E-state index contributed by atoms with van der Waals surface area (Å²) in [5, 5.41) is 3.70. The summed E-state index contributed by atoms with van der Waals surface area (Å²) in [5.41, 5.74) is 4.31. The summed E-state index contributed by atoms with van der Waals surface area (Å²) in [6.07, 6.45) is 0.708. The molecule has 96 valence electrons. The lowest BCUT2D eigenvalue weighted by Crippen LogP contribution is -2.14. The molecular formula is C16H14ClNO. The van der Waals surface area contributed by atoms with Gasteiger partial charge in [-0.25, -0.2) is 0 Å². The highest BCUT2D eigenvalue weighted by Crippen LogP contribution is 2.36. The number of nitrogens with one attached hydrogen (secondary N) is 1. The number of benzene rings is 2. The molecule has 19 heavy (non-hydrogen) atoms. The maximum atomic E-state index is 12.1. The Balaban J connectivity index is 1.92. The zero-order valence-electron chi connectivity index (χ0n) is 10.6. The summed E-state index contributed by atoms with van der Waals surface area (Å²) in [6, 6.07) is 13.7. The Morgan fingerprint density at radius 1 is 1.16 bits per heavy atom. The van der Waals surface area contributed by atoms with Gasteiger partial charge >= 0.3 is 0 Å². The van der Waals surface area contributed by atoms with Crippen molar-refractivity contribution >= 4 is 23.2 Å². The second-order valence-corrected chi connectivity index (χ2v) is 5.35. The quantitative estimate of drug-likeness (QED) is 0.881. The van der Waals surface area contributed by atoms with Gasteiger partial charge in [0, 0.05) is 10.7 Å². The van der Waals surface area contributed by atoms with Gasteiger partial charge in [0.05, 0.1) is 5.92 Å². The van der Waals surface area contributed by atoms with Gasteiger partial charge < -0.3 is 5.32 Å². The molecule has 3 heteroatoms. The number of halogens is 1. The molecule has 2 aromatic carbocycles. The van der Waals surface area contributed by atoms with Crippen LogP contribution in [0.15, 0.2) is 42.5 Å². The van der Waals surface area contributed by atoms with E-state index >= 15 is 0 Å². The van der Waals surface area contributed by atoms with Gasteiger partial charge in [-0.3, -0.25) is 4.79 Å². The maximum Gasteiger partial charge on any atom is 0.232 e. The Kier molecular flexibility index (Phi) is 3.03. The Labute approximate surface area is 117 Å². The standard InChI is InChI=1S/C16H14ClNO/c1-10-3-2-4-13-14(16(19)18-15(10)13)9-11-5-7-12(17)8-6-11/h2-8,14H,9H2,1H3,(H,18,19). The molecule has 3 rings (SSSR count). The van der Waals surface area contributed by atoms with Crippen LogP contribution >= 0.6 is 11.6 Å². The van der Waals surface area contributed by atoms with Gasteiger partial charge in [-0.2, -0.15) is 0 Å². The predicted octanol–water partition coefficient (Wildman–Crippen LogP) is 3.93. The number of rotatable bonds is 2. The van der Waals surface area contributed by atoms with Crippen LogP contribution in [0.5, 0.6) is 0 Å². The van der Waals surface area contributed by atoms with Crippen molar-refractivity contribution in [2.75, 3.05) is 5.32 Å². The lowest BCUT2D eigenvalue weighted by molar-refractivity contribution is -0.117. The van der Waals surface area contributed by atoms with Crippen LogP contribution in [0.2, 0.25) is 5.02 Å². The van der Waals surface area contributed by atoms with Gasteiger partial charge in [-0.1, -0.05) is 41.9 Å². The molecule has 1 heterocycles. The van der Waals surface area contributed by atoms with E-state index in [1.807, 2.05) is 49.4 Å². The second-order valence-electron chi connectivity index (χ2n) is 4.91. The average Bonchev–Trinajstić information content (AvgIpc) is 2.71. The van der Waals surface area contributed by atoms with Crippen LogP contribution in [0.25, 0.3) is 0 Å². The molecule has 1 unspecified atom stereocenters. The van der Waals surface area contributed by atoms with E-state index in [4.69, 9.17) is 11.6 Å². The first-order chi connectivity index (χ1) is 9.15. The number of hydrogen-bond acceptors (Lipinski definition) is 1. The largest absolute Gasteiger partial charge is 0.325 e. The zero-order chi connectivity index (χ0) is 13.4. The first-order valence-electron chi connectivity index (χ1n) is 6.30. The number of hydrogen-bond donors (Lipinski definition) is 1. The molecule has 1 aliphatic rings. The first-order valence-corrected chi connectivity index (χ1v) is 6.68. The minimum Gasteiger partial charge on any atom is -0.325 e. The number of carbonyl (C=O) groups excluding carboxylic acids is 1. The molecular weight excluding hydrogens is 258 g/mol. The minimum absolute atomic E-state index is 0.0826. The van der Waals surface area contributed by atoms with Gasteiger partial charge in [0.1, 0.15) is 0 Å². The number of carbonyl (C=O) groups is 1.